The second-order valence-corrected chi connectivity index (χ2v) is 16.1. The summed E-state index contributed by atoms with van der Waals surface area (Å²) >= 11 is 0. The van der Waals surface area contributed by atoms with E-state index in [0.717, 1.165) is 38.5 Å². The maximum Gasteiger partial charge on any atom is 0.313 e. The zero-order chi connectivity index (χ0) is 37.8. The summed E-state index contributed by atoms with van der Waals surface area (Å²) in [5, 5.41) is 0. The van der Waals surface area contributed by atoms with Crippen LogP contribution in [-0.4, -0.2) is 25.2 Å². The van der Waals surface area contributed by atoms with Gasteiger partial charge in [0.1, 0.15) is 0 Å². The first kappa shape index (κ1) is 50.7. The highest BCUT2D eigenvalue weighted by molar-refractivity contribution is 5.81. The third kappa shape index (κ3) is 39.9. The predicted molar refractivity (Wildman–Crippen MR) is 227 cm³/mol. The van der Waals surface area contributed by atoms with Crippen LogP contribution in [0.2, 0.25) is 0 Å². The van der Waals surface area contributed by atoms with Crippen molar-refractivity contribution in [1.82, 2.24) is 0 Å². The number of hydrogen-bond donors (Lipinski definition) is 0. The number of hydrogen-bond acceptors (Lipinski definition) is 4. The van der Waals surface area contributed by atoms with Gasteiger partial charge in [-0.1, -0.05) is 245 Å². The highest BCUT2D eigenvalue weighted by Crippen LogP contribution is 2.17. The quantitative estimate of drug-likeness (QED) is 0.0356. The van der Waals surface area contributed by atoms with E-state index in [-0.39, 0.29) is 18.4 Å². The van der Waals surface area contributed by atoms with Crippen LogP contribution in [0, 0.1) is 5.92 Å². The van der Waals surface area contributed by atoms with Crippen molar-refractivity contribution >= 4 is 11.9 Å². The van der Waals surface area contributed by atoms with Crippen molar-refractivity contribution in [2.75, 3.05) is 13.2 Å². The molecular weight excluding hydrogens is 641 g/mol. The SMILES string of the molecule is CCCCCCCCCCCCCCCCCC/C=C/C(CC(=O)OCCCCCCCCCCCC)C(=O)OCCCCCCCCCCCC. The van der Waals surface area contributed by atoms with Gasteiger partial charge in [-0.15, -0.1) is 0 Å². The van der Waals surface area contributed by atoms with Gasteiger partial charge < -0.3 is 9.47 Å². The van der Waals surface area contributed by atoms with Gasteiger partial charge in [-0.05, 0) is 25.7 Å². The zero-order valence-corrected chi connectivity index (χ0v) is 35.6. The normalized spacial score (nSPS) is 12.1. The van der Waals surface area contributed by atoms with Crippen LogP contribution in [0.15, 0.2) is 12.2 Å². The molecule has 0 amide bonds. The molecule has 0 aliphatic carbocycles. The Kier molecular flexibility index (Phi) is 43.0. The van der Waals surface area contributed by atoms with Crippen LogP contribution < -0.4 is 0 Å². The number of carbonyl (C=O) groups excluding carboxylic acids is 2. The van der Waals surface area contributed by atoms with Crippen molar-refractivity contribution in [2.45, 2.75) is 265 Å². The molecule has 0 N–H and O–H groups in total. The molecule has 0 saturated carbocycles. The standard InChI is InChI=1S/C48H92O4/c1-4-7-10-13-16-19-22-23-24-25-26-27-28-29-30-33-36-39-42-46(48(50)52-44-41-38-35-32-21-18-15-12-9-6-3)45-47(49)51-43-40-37-34-31-20-17-14-11-8-5-2/h39,42,46H,4-38,40-41,43-45H2,1-3H3/b42-39+. The molecule has 0 spiro atoms. The third-order valence-corrected chi connectivity index (χ3v) is 10.8. The van der Waals surface area contributed by atoms with Crippen LogP contribution in [0.3, 0.4) is 0 Å². The summed E-state index contributed by atoms with van der Waals surface area (Å²) in [5.74, 6) is -1.08. The largest absolute Gasteiger partial charge is 0.466 e. The maximum atomic E-state index is 13.0. The Morgan fingerprint density at radius 2 is 0.673 bits per heavy atom. The van der Waals surface area contributed by atoms with Gasteiger partial charge in [0.15, 0.2) is 0 Å². The van der Waals surface area contributed by atoms with Crippen molar-refractivity contribution in [2.24, 2.45) is 5.92 Å². The maximum absolute atomic E-state index is 13.0. The van der Waals surface area contributed by atoms with Gasteiger partial charge >= 0.3 is 11.9 Å². The van der Waals surface area contributed by atoms with Crippen LogP contribution in [0.1, 0.15) is 265 Å². The molecule has 0 rings (SSSR count). The Morgan fingerprint density at radius 3 is 1.02 bits per heavy atom. The first-order valence-corrected chi connectivity index (χ1v) is 23.6. The first-order chi connectivity index (χ1) is 25.7. The van der Waals surface area contributed by atoms with Crippen LogP contribution in [0.25, 0.3) is 0 Å². The molecule has 52 heavy (non-hydrogen) atoms. The minimum absolute atomic E-state index is 0.0874. The Hall–Kier alpha value is -1.32. The summed E-state index contributed by atoms with van der Waals surface area (Å²) in [6, 6.07) is 0. The number of allylic oxidation sites excluding steroid dienone is 1. The third-order valence-electron chi connectivity index (χ3n) is 10.8. The molecule has 0 bridgehead atoms. The van der Waals surface area contributed by atoms with Gasteiger partial charge in [-0.2, -0.15) is 0 Å². The molecule has 0 aromatic rings. The Labute approximate surface area is 326 Å². The molecule has 0 radical (unpaired) electrons. The average molecular weight is 733 g/mol. The summed E-state index contributed by atoms with van der Waals surface area (Å²) in [6.07, 6.45) is 52.0. The van der Waals surface area contributed by atoms with Crippen molar-refractivity contribution in [3.05, 3.63) is 12.2 Å². The molecule has 0 aliphatic rings. The topological polar surface area (TPSA) is 52.6 Å². The first-order valence-electron chi connectivity index (χ1n) is 23.6. The van der Waals surface area contributed by atoms with Crippen molar-refractivity contribution in [3.8, 4) is 0 Å². The van der Waals surface area contributed by atoms with Crippen molar-refractivity contribution in [1.29, 1.82) is 0 Å². The van der Waals surface area contributed by atoms with Gasteiger partial charge in [-0.25, -0.2) is 0 Å². The smallest absolute Gasteiger partial charge is 0.313 e. The summed E-state index contributed by atoms with van der Waals surface area (Å²) < 4.78 is 11.2. The minimum atomic E-state index is -0.538. The molecule has 4 nitrogen and oxygen atoms in total. The monoisotopic (exact) mass is 733 g/mol. The zero-order valence-electron chi connectivity index (χ0n) is 35.6. The Balaban J connectivity index is 4.24. The van der Waals surface area contributed by atoms with Gasteiger partial charge in [-0.3, -0.25) is 9.59 Å². The summed E-state index contributed by atoms with van der Waals surface area (Å²) in [5.41, 5.74) is 0. The van der Waals surface area contributed by atoms with E-state index in [1.54, 1.807) is 0 Å². The number of rotatable bonds is 43. The molecule has 308 valence electrons. The van der Waals surface area contributed by atoms with Gasteiger partial charge in [0.05, 0.1) is 25.6 Å². The summed E-state index contributed by atoms with van der Waals surface area (Å²) in [7, 11) is 0. The lowest BCUT2D eigenvalue weighted by molar-refractivity contribution is -0.153. The van der Waals surface area contributed by atoms with Crippen LogP contribution >= 0.6 is 0 Å². The van der Waals surface area contributed by atoms with E-state index in [1.165, 1.54) is 199 Å². The van der Waals surface area contributed by atoms with Gasteiger partial charge in [0, 0.05) is 0 Å². The second-order valence-electron chi connectivity index (χ2n) is 16.1. The molecule has 0 saturated heterocycles. The highest BCUT2D eigenvalue weighted by Gasteiger charge is 2.21. The molecule has 4 heteroatoms. The van der Waals surface area contributed by atoms with E-state index < -0.39 is 5.92 Å². The van der Waals surface area contributed by atoms with Crippen LogP contribution in [0.5, 0.6) is 0 Å². The fourth-order valence-corrected chi connectivity index (χ4v) is 7.18. The lowest BCUT2D eigenvalue weighted by Crippen LogP contribution is -2.21. The predicted octanol–water partition coefficient (Wildman–Crippen LogP) is 16.1. The van der Waals surface area contributed by atoms with E-state index in [0.29, 0.717) is 13.2 Å². The van der Waals surface area contributed by atoms with Gasteiger partial charge in [0.25, 0.3) is 0 Å². The highest BCUT2D eigenvalue weighted by atomic mass is 16.5. The minimum Gasteiger partial charge on any atom is -0.466 e. The molecule has 0 heterocycles. The molecule has 0 aromatic carbocycles. The van der Waals surface area contributed by atoms with Crippen molar-refractivity contribution in [3.63, 3.8) is 0 Å². The molecule has 0 aromatic heterocycles. The van der Waals surface area contributed by atoms with Crippen LogP contribution in [-0.2, 0) is 19.1 Å². The Bertz CT molecular complexity index is 747. The van der Waals surface area contributed by atoms with Crippen LogP contribution in [0.4, 0.5) is 0 Å². The van der Waals surface area contributed by atoms with E-state index >= 15 is 0 Å². The lowest BCUT2D eigenvalue weighted by atomic mass is 10.0. The second kappa shape index (κ2) is 44.1. The summed E-state index contributed by atoms with van der Waals surface area (Å²) in [6.45, 7) is 7.72. The average Bonchev–Trinajstić information content (AvgIpc) is 3.14. The van der Waals surface area contributed by atoms with E-state index in [1.807, 2.05) is 6.08 Å². The molecule has 0 fully saturated rings. The number of carbonyl (C=O) groups is 2. The summed E-state index contributed by atoms with van der Waals surface area (Å²) in [4.78, 5) is 25.7. The molecule has 1 unspecified atom stereocenters. The number of ether oxygens (including phenoxy) is 2. The fraction of sp³-hybridized carbons (Fsp3) is 0.917. The fourth-order valence-electron chi connectivity index (χ4n) is 7.18. The molecule has 1 atom stereocenters. The number of unbranched alkanes of at least 4 members (excludes halogenated alkanes) is 34. The number of esters is 2. The van der Waals surface area contributed by atoms with E-state index in [9.17, 15) is 9.59 Å². The van der Waals surface area contributed by atoms with E-state index in [4.69, 9.17) is 9.47 Å². The molecule has 0 aliphatic heterocycles. The molecular formula is C48H92O4. The van der Waals surface area contributed by atoms with Crippen molar-refractivity contribution < 1.29 is 19.1 Å². The Morgan fingerprint density at radius 1 is 0.385 bits per heavy atom. The van der Waals surface area contributed by atoms with E-state index in [2.05, 4.69) is 26.8 Å². The van der Waals surface area contributed by atoms with Gasteiger partial charge in [0.2, 0.25) is 0 Å². The lowest BCUT2D eigenvalue weighted by Gasteiger charge is -2.13.